The fourth-order valence-corrected chi connectivity index (χ4v) is 2.37. The molecule has 0 saturated carbocycles. The van der Waals surface area contributed by atoms with Gasteiger partial charge in [-0.1, -0.05) is 12.1 Å². The summed E-state index contributed by atoms with van der Waals surface area (Å²) in [5.41, 5.74) is 2.34. The number of nitrogens with one attached hydrogen (secondary N) is 1. The van der Waals surface area contributed by atoms with Crippen molar-refractivity contribution in [3.63, 3.8) is 0 Å². The van der Waals surface area contributed by atoms with Gasteiger partial charge in [-0.05, 0) is 31.0 Å². The molecule has 1 unspecified atom stereocenters. The summed E-state index contributed by atoms with van der Waals surface area (Å²) < 4.78 is 5.90. The molecular formula is C15H24N2O2. The number of rotatable bonds is 5. The summed E-state index contributed by atoms with van der Waals surface area (Å²) in [5.74, 6) is 0.925. The van der Waals surface area contributed by atoms with E-state index >= 15 is 0 Å². The number of aliphatic hydroxyl groups is 1. The van der Waals surface area contributed by atoms with Crippen molar-refractivity contribution in [1.82, 2.24) is 10.2 Å². The van der Waals surface area contributed by atoms with E-state index in [1.807, 2.05) is 6.92 Å². The third-order valence-corrected chi connectivity index (χ3v) is 3.65. The van der Waals surface area contributed by atoms with Gasteiger partial charge in [0.2, 0.25) is 0 Å². The summed E-state index contributed by atoms with van der Waals surface area (Å²) in [6, 6.07) is 6.30. The Kier molecular flexibility index (Phi) is 5.19. The van der Waals surface area contributed by atoms with Gasteiger partial charge in [-0.3, -0.25) is 4.90 Å². The summed E-state index contributed by atoms with van der Waals surface area (Å²) in [5, 5.41) is 12.9. The second-order valence-corrected chi connectivity index (χ2v) is 5.20. The molecular weight excluding hydrogens is 240 g/mol. The minimum absolute atomic E-state index is 0.0852. The normalized spacial score (nSPS) is 18.3. The minimum atomic E-state index is 0.0852. The first kappa shape index (κ1) is 14.3. The second-order valence-electron chi connectivity index (χ2n) is 5.20. The molecule has 1 aromatic carbocycles. The molecule has 1 saturated heterocycles. The van der Waals surface area contributed by atoms with Gasteiger partial charge in [-0.15, -0.1) is 0 Å². The first-order valence-corrected chi connectivity index (χ1v) is 6.96. The molecule has 106 valence electrons. The van der Waals surface area contributed by atoms with Gasteiger partial charge >= 0.3 is 0 Å². The molecule has 1 aromatic rings. The van der Waals surface area contributed by atoms with E-state index in [0.29, 0.717) is 6.61 Å². The molecule has 1 heterocycles. The summed E-state index contributed by atoms with van der Waals surface area (Å²) in [7, 11) is 0. The predicted octanol–water partition coefficient (Wildman–Crippen LogP) is 0.948. The van der Waals surface area contributed by atoms with Crippen LogP contribution in [0, 0.1) is 13.8 Å². The largest absolute Gasteiger partial charge is 0.492 e. The number of benzene rings is 1. The maximum absolute atomic E-state index is 9.54. The van der Waals surface area contributed by atoms with Crippen LogP contribution in [0.4, 0.5) is 0 Å². The molecule has 1 aliphatic rings. The van der Waals surface area contributed by atoms with Crippen molar-refractivity contribution in [1.29, 1.82) is 0 Å². The van der Waals surface area contributed by atoms with Crippen LogP contribution in [-0.2, 0) is 0 Å². The molecule has 0 radical (unpaired) electrons. The molecule has 19 heavy (non-hydrogen) atoms. The number of hydrogen-bond acceptors (Lipinski definition) is 4. The van der Waals surface area contributed by atoms with Crippen molar-refractivity contribution in [3.8, 4) is 5.75 Å². The van der Waals surface area contributed by atoms with Gasteiger partial charge in [0.05, 0.1) is 12.6 Å². The average Bonchev–Trinajstić information content (AvgIpc) is 2.44. The maximum Gasteiger partial charge on any atom is 0.122 e. The molecule has 2 rings (SSSR count). The number of piperazine rings is 1. The van der Waals surface area contributed by atoms with E-state index in [2.05, 4.69) is 35.3 Å². The van der Waals surface area contributed by atoms with Crippen LogP contribution in [0.2, 0.25) is 0 Å². The summed E-state index contributed by atoms with van der Waals surface area (Å²) in [4.78, 5) is 2.29. The zero-order chi connectivity index (χ0) is 13.7. The number of ether oxygens (including phenoxy) is 1. The lowest BCUT2D eigenvalue weighted by Crippen LogP contribution is -2.51. The highest BCUT2D eigenvalue weighted by Crippen LogP contribution is 2.19. The monoisotopic (exact) mass is 264 g/mol. The Hall–Kier alpha value is -1.10. The Morgan fingerprint density at radius 3 is 2.74 bits per heavy atom. The molecule has 2 N–H and O–H groups in total. The van der Waals surface area contributed by atoms with E-state index in [9.17, 15) is 5.11 Å². The van der Waals surface area contributed by atoms with Crippen LogP contribution in [0.5, 0.6) is 5.75 Å². The SMILES string of the molecule is Cc1ccc(C)c(OCC(CO)N2CCNCC2)c1. The molecule has 4 heteroatoms. The van der Waals surface area contributed by atoms with Crippen LogP contribution in [0.15, 0.2) is 18.2 Å². The summed E-state index contributed by atoms with van der Waals surface area (Å²) in [6.45, 7) is 8.72. The van der Waals surface area contributed by atoms with Gasteiger partial charge in [-0.25, -0.2) is 0 Å². The van der Waals surface area contributed by atoms with E-state index in [4.69, 9.17) is 4.74 Å². The highest BCUT2D eigenvalue weighted by atomic mass is 16.5. The lowest BCUT2D eigenvalue weighted by atomic mass is 10.1. The fraction of sp³-hybridized carbons (Fsp3) is 0.600. The van der Waals surface area contributed by atoms with Crippen molar-refractivity contribution >= 4 is 0 Å². The van der Waals surface area contributed by atoms with Crippen LogP contribution in [0.1, 0.15) is 11.1 Å². The Balaban J connectivity index is 1.93. The van der Waals surface area contributed by atoms with Crippen molar-refractivity contribution in [2.45, 2.75) is 19.9 Å². The van der Waals surface area contributed by atoms with Crippen LogP contribution >= 0.6 is 0 Å². The van der Waals surface area contributed by atoms with Gasteiger partial charge in [0.1, 0.15) is 12.4 Å². The van der Waals surface area contributed by atoms with Crippen molar-refractivity contribution in [2.24, 2.45) is 0 Å². The molecule has 0 aliphatic carbocycles. The minimum Gasteiger partial charge on any atom is -0.492 e. The van der Waals surface area contributed by atoms with Crippen LogP contribution < -0.4 is 10.1 Å². The first-order chi connectivity index (χ1) is 9.20. The van der Waals surface area contributed by atoms with Crippen LogP contribution in [0.3, 0.4) is 0 Å². The molecule has 1 fully saturated rings. The number of aryl methyl sites for hydroxylation is 2. The zero-order valence-electron chi connectivity index (χ0n) is 11.9. The van der Waals surface area contributed by atoms with E-state index in [1.54, 1.807) is 0 Å². The van der Waals surface area contributed by atoms with Gasteiger partial charge < -0.3 is 15.2 Å². The highest BCUT2D eigenvalue weighted by Gasteiger charge is 2.20. The Morgan fingerprint density at radius 1 is 1.32 bits per heavy atom. The Labute approximate surface area is 115 Å². The predicted molar refractivity (Wildman–Crippen MR) is 76.7 cm³/mol. The van der Waals surface area contributed by atoms with E-state index < -0.39 is 0 Å². The third kappa shape index (κ3) is 3.93. The average molecular weight is 264 g/mol. The second kappa shape index (κ2) is 6.89. The van der Waals surface area contributed by atoms with Crippen LogP contribution in [-0.4, -0.2) is 55.4 Å². The smallest absolute Gasteiger partial charge is 0.122 e. The van der Waals surface area contributed by atoms with Crippen LogP contribution in [0.25, 0.3) is 0 Å². The summed E-state index contributed by atoms with van der Waals surface area (Å²) in [6.07, 6.45) is 0. The fourth-order valence-electron chi connectivity index (χ4n) is 2.37. The van der Waals surface area contributed by atoms with E-state index in [0.717, 1.165) is 37.5 Å². The quantitative estimate of drug-likeness (QED) is 0.831. The molecule has 0 spiro atoms. The number of nitrogens with zero attached hydrogens (tertiary/aromatic N) is 1. The highest BCUT2D eigenvalue weighted by molar-refractivity contribution is 5.35. The zero-order valence-corrected chi connectivity index (χ0v) is 11.9. The summed E-state index contributed by atoms with van der Waals surface area (Å²) >= 11 is 0. The molecule has 4 nitrogen and oxygen atoms in total. The number of aliphatic hydroxyl groups excluding tert-OH is 1. The van der Waals surface area contributed by atoms with Gasteiger partial charge in [-0.2, -0.15) is 0 Å². The van der Waals surface area contributed by atoms with E-state index in [1.165, 1.54) is 5.56 Å². The van der Waals surface area contributed by atoms with Gasteiger partial charge in [0.25, 0.3) is 0 Å². The Bertz CT molecular complexity index is 403. The van der Waals surface area contributed by atoms with E-state index in [-0.39, 0.29) is 12.6 Å². The van der Waals surface area contributed by atoms with Crippen molar-refractivity contribution in [2.75, 3.05) is 39.4 Å². The molecule has 0 aromatic heterocycles. The van der Waals surface area contributed by atoms with Crippen molar-refractivity contribution in [3.05, 3.63) is 29.3 Å². The van der Waals surface area contributed by atoms with Gasteiger partial charge in [0.15, 0.2) is 0 Å². The standard InChI is InChI=1S/C15H24N2O2/c1-12-3-4-13(2)15(9-12)19-11-14(10-18)17-7-5-16-6-8-17/h3-4,9,14,16,18H,5-8,10-11H2,1-2H3. The number of hydrogen-bond donors (Lipinski definition) is 2. The Morgan fingerprint density at radius 2 is 2.05 bits per heavy atom. The topological polar surface area (TPSA) is 44.7 Å². The lowest BCUT2D eigenvalue weighted by Gasteiger charge is -2.33. The third-order valence-electron chi connectivity index (χ3n) is 3.65. The molecule has 1 aliphatic heterocycles. The first-order valence-electron chi connectivity index (χ1n) is 6.96. The molecule has 1 atom stereocenters. The maximum atomic E-state index is 9.54. The van der Waals surface area contributed by atoms with Gasteiger partial charge in [0, 0.05) is 26.2 Å². The lowest BCUT2D eigenvalue weighted by molar-refractivity contribution is 0.0732. The van der Waals surface area contributed by atoms with Crippen molar-refractivity contribution < 1.29 is 9.84 Å². The molecule has 0 bridgehead atoms. The molecule has 0 amide bonds.